The fraction of sp³-hybridized carbons (Fsp3) is 0.818. The summed E-state index contributed by atoms with van der Waals surface area (Å²) < 4.78 is 1.58. The van der Waals surface area contributed by atoms with Crippen LogP contribution >= 0.6 is 34.9 Å². The Labute approximate surface area is 199 Å². The van der Waals surface area contributed by atoms with Gasteiger partial charge in [-0.25, -0.2) is 0 Å². The molecule has 1 aromatic rings. The molecule has 2 saturated carbocycles. The molecule has 2 fully saturated rings. The lowest BCUT2D eigenvalue weighted by molar-refractivity contribution is -0.132. The molecule has 0 spiro atoms. The third-order valence-electron chi connectivity index (χ3n) is 6.58. The van der Waals surface area contributed by atoms with E-state index in [1.165, 1.54) is 73.4 Å². The van der Waals surface area contributed by atoms with E-state index in [1.54, 1.807) is 0 Å². The summed E-state index contributed by atoms with van der Waals surface area (Å²) in [4.78, 5) is 29.6. The van der Waals surface area contributed by atoms with Crippen LogP contribution in [0.15, 0.2) is 8.68 Å². The van der Waals surface area contributed by atoms with Gasteiger partial charge in [-0.15, -0.1) is 10.2 Å². The Hall–Kier alpha value is -0.800. The van der Waals surface area contributed by atoms with E-state index in [0.29, 0.717) is 12.1 Å². The molecule has 9 heteroatoms. The highest BCUT2D eigenvalue weighted by atomic mass is 32.2. The first-order valence-corrected chi connectivity index (χ1v) is 14.1. The molecule has 0 N–H and O–H groups in total. The molecule has 2 amide bonds. The van der Waals surface area contributed by atoms with Gasteiger partial charge < -0.3 is 9.80 Å². The molecular formula is C22H36N4O2S3. The summed E-state index contributed by atoms with van der Waals surface area (Å²) in [5.41, 5.74) is 0. The average Bonchev–Trinajstić information content (AvgIpc) is 3.24. The van der Waals surface area contributed by atoms with E-state index in [0.717, 1.165) is 34.4 Å². The minimum atomic E-state index is -0.186. The lowest BCUT2D eigenvalue weighted by Crippen LogP contribution is -2.42. The summed E-state index contributed by atoms with van der Waals surface area (Å²) in [5, 5.41) is 8.17. The molecular weight excluding hydrogens is 448 g/mol. The smallest absolute Gasteiger partial charge is 0.235 e. The van der Waals surface area contributed by atoms with Crippen LogP contribution in [0.2, 0.25) is 0 Å². The summed E-state index contributed by atoms with van der Waals surface area (Å²) in [7, 11) is 3.87. The van der Waals surface area contributed by atoms with Gasteiger partial charge >= 0.3 is 0 Å². The normalized spacial score (nSPS) is 20.3. The molecule has 3 rings (SSSR count). The van der Waals surface area contributed by atoms with E-state index in [-0.39, 0.29) is 22.3 Å². The van der Waals surface area contributed by atoms with Crippen LogP contribution in [0.4, 0.5) is 0 Å². The van der Waals surface area contributed by atoms with Gasteiger partial charge in [-0.2, -0.15) is 0 Å². The predicted octanol–water partition coefficient (Wildman–Crippen LogP) is 5.08. The van der Waals surface area contributed by atoms with Crippen LogP contribution in [-0.4, -0.2) is 68.5 Å². The molecule has 2 aliphatic carbocycles. The maximum absolute atomic E-state index is 12.9. The zero-order chi connectivity index (χ0) is 22.4. The average molecular weight is 485 g/mol. The number of hydrogen-bond acceptors (Lipinski definition) is 7. The molecule has 6 nitrogen and oxygen atoms in total. The summed E-state index contributed by atoms with van der Waals surface area (Å²) >= 11 is 4.43. The van der Waals surface area contributed by atoms with Crippen LogP contribution in [-0.2, 0) is 9.59 Å². The Morgan fingerprint density at radius 1 is 0.774 bits per heavy atom. The zero-order valence-corrected chi connectivity index (χ0v) is 21.7. The molecule has 31 heavy (non-hydrogen) atoms. The molecule has 2 aliphatic rings. The van der Waals surface area contributed by atoms with Crippen molar-refractivity contribution in [2.45, 2.75) is 109 Å². The minimum absolute atomic E-state index is 0.166. The van der Waals surface area contributed by atoms with Gasteiger partial charge in [0, 0.05) is 26.2 Å². The fourth-order valence-corrected chi connectivity index (χ4v) is 8.08. The summed E-state index contributed by atoms with van der Waals surface area (Å²) in [6.45, 7) is 3.90. The Bertz CT molecular complexity index is 674. The molecule has 2 atom stereocenters. The lowest BCUT2D eigenvalue weighted by Gasteiger charge is -2.32. The largest absolute Gasteiger partial charge is 0.342 e. The Kier molecular flexibility index (Phi) is 9.52. The number of nitrogens with zero attached hydrogens (tertiary/aromatic N) is 4. The Morgan fingerprint density at radius 3 is 1.48 bits per heavy atom. The van der Waals surface area contributed by atoms with Gasteiger partial charge in [0.1, 0.15) is 0 Å². The number of aromatic nitrogens is 2. The van der Waals surface area contributed by atoms with Gasteiger partial charge in [0.25, 0.3) is 0 Å². The van der Waals surface area contributed by atoms with Gasteiger partial charge in [0.05, 0.1) is 10.5 Å². The van der Waals surface area contributed by atoms with Gasteiger partial charge in [-0.1, -0.05) is 73.4 Å². The van der Waals surface area contributed by atoms with E-state index in [9.17, 15) is 9.59 Å². The zero-order valence-electron chi connectivity index (χ0n) is 19.2. The van der Waals surface area contributed by atoms with Crippen molar-refractivity contribution in [2.75, 3.05) is 14.1 Å². The molecule has 0 bridgehead atoms. The highest BCUT2D eigenvalue weighted by Gasteiger charge is 2.29. The molecule has 2 unspecified atom stereocenters. The number of amides is 2. The first-order valence-electron chi connectivity index (χ1n) is 11.6. The first-order chi connectivity index (χ1) is 14.9. The summed E-state index contributed by atoms with van der Waals surface area (Å²) in [6.07, 6.45) is 11.9. The molecule has 0 saturated heterocycles. The maximum Gasteiger partial charge on any atom is 0.235 e. The second-order valence-electron chi connectivity index (χ2n) is 8.84. The SMILES string of the molecule is CC(Sc1nnc(SC(C)C(=O)N(C)C2CCCCC2)s1)C(=O)N(C)C1CCCCC1. The van der Waals surface area contributed by atoms with Crippen molar-refractivity contribution in [3.63, 3.8) is 0 Å². The Balaban J connectivity index is 1.49. The molecule has 1 aromatic heterocycles. The van der Waals surface area contributed by atoms with E-state index in [2.05, 4.69) is 10.2 Å². The van der Waals surface area contributed by atoms with Crippen molar-refractivity contribution in [1.82, 2.24) is 20.0 Å². The van der Waals surface area contributed by atoms with Gasteiger partial charge in [0.2, 0.25) is 11.8 Å². The van der Waals surface area contributed by atoms with E-state index in [4.69, 9.17) is 0 Å². The van der Waals surface area contributed by atoms with E-state index >= 15 is 0 Å². The molecule has 174 valence electrons. The predicted molar refractivity (Wildman–Crippen MR) is 130 cm³/mol. The van der Waals surface area contributed by atoms with E-state index in [1.807, 2.05) is 37.7 Å². The second-order valence-corrected chi connectivity index (χ2v) is 13.0. The fourth-order valence-electron chi connectivity index (χ4n) is 4.57. The lowest BCUT2D eigenvalue weighted by atomic mass is 9.94. The van der Waals surface area contributed by atoms with Crippen LogP contribution < -0.4 is 0 Å². The molecule has 0 radical (unpaired) electrons. The highest BCUT2D eigenvalue weighted by molar-refractivity contribution is 8.04. The number of thioether (sulfide) groups is 2. The van der Waals surface area contributed by atoms with Crippen molar-refractivity contribution in [2.24, 2.45) is 0 Å². The first kappa shape index (κ1) is 24.8. The minimum Gasteiger partial charge on any atom is -0.342 e. The van der Waals surface area contributed by atoms with E-state index < -0.39 is 0 Å². The van der Waals surface area contributed by atoms with Crippen molar-refractivity contribution in [1.29, 1.82) is 0 Å². The standard InChI is InChI=1S/C22H36N4O2S3/c1-15(19(27)25(3)17-11-7-5-8-12-17)29-21-23-24-22(31-21)30-16(2)20(28)26(4)18-13-9-6-10-14-18/h15-18H,5-14H2,1-4H3. The third-order valence-corrected chi connectivity index (χ3v) is 9.85. The topological polar surface area (TPSA) is 66.4 Å². The molecule has 0 aromatic carbocycles. The van der Waals surface area contributed by atoms with Crippen LogP contribution in [0.5, 0.6) is 0 Å². The van der Waals surface area contributed by atoms with Crippen LogP contribution in [0, 0.1) is 0 Å². The highest BCUT2D eigenvalue weighted by Crippen LogP contribution is 2.35. The van der Waals surface area contributed by atoms with Gasteiger partial charge in [0.15, 0.2) is 8.68 Å². The monoisotopic (exact) mass is 484 g/mol. The van der Waals surface area contributed by atoms with Crippen molar-refractivity contribution in [3.8, 4) is 0 Å². The molecule has 0 aliphatic heterocycles. The van der Waals surface area contributed by atoms with Gasteiger partial charge in [-0.3, -0.25) is 9.59 Å². The van der Waals surface area contributed by atoms with Crippen LogP contribution in [0.25, 0.3) is 0 Å². The second kappa shape index (κ2) is 11.9. The summed E-state index contributed by atoms with van der Waals surface area (Å²) in [5.74, 6) is 0.331. The van der Waals surface area contributed by atoms with Gasteiger partial charge in [-0.05, 0) is 39.5 Å². The maximum atomic E-state index is 12.9. The van der Waals surface area contributed by atoms with Crippen LogP contribution in [0.1, 0.15) is 78.1 Å². The summed E-state index contributed by atoms with van der Waals surface area (Å²) in [6, 6.07) is 0.746. The number of hydrogen-bond donors (Lipinski definition) is 0. The molecule has 1 heterocycles. The number of carbonyl (C=O) groups is 2. The Morgan fingerprint density at radius 2 is 1.13 bits per heavy atom. The van der Waals surface area contributed by atoms with Crippen LogP contribution in [0.3, 0.4) is 0 Å². The van der Waals surface area contributed by atoms with Crippen molar-refractivity contribution in [3.05, 3.63) is 0 Å². The quantitative estimate of drug-likeness (QED) is 0.479. The van der Waals surface area contributed by atoms with Crippen molar-refractivity contribution >= 4 is 46.7 Å². The van der Waals surface area contributed by atoms with Crippen molar-refractivity contribution < 1.29 is 9.59 Å². The number of rotatable bonds is 8. The number of carbonyl (C=O) groups excluding carboxylic acids is 2. The third kappa shape index (κ3) is 6.84.